The van der Waals surface area contributed by atoms with Gasteiger partial charge in [-0.05, 0) is 29.7 Å². The Morgan fingerprint density at radius 1 is 1.04 bits per heavy atom. The van der Waals surface area contributed by atoms with Gasteiger partial charge >= 0.3 is 0 Å². The molecule has 1 heterocycles. The van der Waals surface area contributed by atoms with Crippen molar-refractivity contribution in [2.45, 2.75) is 13.0 Å². The summed E-state index contributed by atoms with van der Waals surface area (Å²) in [6.07, 6.45) is 3.96. The van der Waals surface area contributed by atoms with E-state index in [4.69, 9.17) is 0 Å². The molecule has 1 aromatic heterocycles. The number of amides is 1. The molecule has 0 saturated heterocycles. The molecule has 24 heavy (non-hydrogen) atoms. The third kappa shape index (κ3) is 4.29. The average molecular weight is 323 g/mol. The van der Waals surface area contributed by atoms with Gasteiger partial charge in [0.2, 0.25) is 0 Å². The summed E-state index contributed by atoms with van der Waals surface area (Å²) >= 11 is 0. The van der Waals surface area contributed by atoms with Crippen molar-refractivity contribution in [2.24, 2.45) is 0 Å². The van der Waals surface area contributed by atoms with Crippen molar-refractivity contribution in [2.75, 3.05) is 6.54 Å². The van der Waals surface area contributed by atoms with E-state index in [1.807, 2.05) is 30.3 Å². The number of carbonyl (C=O) groups excluding carboxylic acids is 1. The van der Waals surface area contributed by atoms with E-state index in [-0.39, 0.29) is 11.7 Å². The Labute approximate surface area is 139 Å². The second-order valence-corrected chi connectivity index (χ2v) is 5.54. The molecule has 5 heteroatoms. The fourth-order valence-corrected chi connectivity index (χ4v) is 2.41. The molecule has 2 aromatic carbocycles. The number of hydrogen-bond acceptors (Lipinski definition) is 2. The van der Waals surface area contributed by atoms with Crippen LogP contribution in [-0.2, 0) is 13.0 Å². The molecule has 0 spiro atoms. The Balaban J connectivity index is 1.51. The number of halogens is 1. The van der Waals surface area contributed by atoms with Gasteiger partial charge < -0.3 is 5.32 Å². The summed E-state index contributed by atoms with van der Waals surface area (Å²) < 4.78 is 14.6. The summed E-state index contributed by atoms with van der Waals surface area (Å²) in [5, 5.41) is 7.08. The highest BCUT2D eigenvalue weighted by Gasteiger charge is 2.08. The molecule has 1 amide bonds. The first-order chi connectivity index (χ1) is 11.7. The third-order valence-electron chi connectivity index (χ3n) is 3.70. The minimum Gasteiger partial charge on any atom is -0.352 e. The van der Waals surface area contributed by atoms with Crippen molar-refractivity contribution in [1.82, 2.24) is 15.1 Å². The number of hydrogen-bond donors (Lipinski definition) is 1. The summed E-state index contributed by atoms with van der Waals surface area (Å²) in [6.45, 7) is 1.12. The van der Waals surface area contributed by atoms with E-state index in [0.717, 1.165) is 11.1 Å². The van der Waals surface area contributed by atoms with Gasteiger partial charge in [-0.15, -0.1) is 0 Å². The lowest BCUT2D eigenvalue weighted by Crippen LogP contribution is -2.25. The van der Waals surface area contributed by atoms with Crippen LogP contribution in [0.4, 0.5) is 4.39 Å². The predicted molar refractivity (Wildman–Crippen MR) is 90.2 cm³/mol. The molecule has 3 aromatic rings. The zero-order valence-corrected chi connectivity index (χ0v) is 13.2. The van der Waals surface area contributed by atoms with Crippen LogP contribution in [0.1, 0.15) is 21.5 Å². The maximum atomic E-state index is 12.8. The maximum absolute atomic E-state index is 12.8. The molecule has 0 aliphatic rings. The average Bonchev–Trinajstić information content (AvgIpc) is 3.06. The van der Waals surface area contributed by atoms with Crippen molar-refractivity contribution < 1.29 is 9.18 Å². The van der Waals surface area contributed by atoms with Crippen LogP contribution in [0.25, 0.3) is 0 Å². The molecule has 0 fully saturated rings. The van der Waals surface area contributed by atoms with Gasteiger partial charge in [0.15, 0.2) is 0 Å². The molecule has 0 aliphatic carbocycles. The number of nitrogens with one attached hydrogen (secondary N) is 1. The van der Waals surface area contributed by atoms with Crippen LogP contribution in [0, 0.1) is 5.82 Å². The first-order valence-corrected chi connectivity index (χ1v) is 7.80. The van der Waals surface area contributed by atoms with Crippen LogP contribution in [0.2, 0.25) is 0 Å². The monoisotopic (exact) mass is 323 g/mol. The smallest absolute Gasteiger partial charge is 0.254 e. The van der Waals surface area contributed by atoms with Crippen LogP contribution in [-0.4, -0.2) is 22.2 Å². The molecule has 1 N–H and O–H groups in total. The maximum Gasteiger partial charge on any atom is 0.254 e. The van der Waals surface area contributed by atoms with Gasteiger partial charge in [-0.3, -0.25) is 9.48 Å². The molecule has 122 valence electrons. The second-order valence-electron chi connectivity index (χ2n) is 5.54. The minimum atomic E-state index is -0.256. The van der Waals surface area contributed by atoms with E-state index in [0.29, 0.717) is 25.1 Å². The molecule has 4 nitrogen and oxygen atoms in total. The molecule has 3 rings (SSSR count). The lowest BCUT2D eigenvalue weighted by Gasteiger charge is -2.04. The highest BCUT2D eigenvalue weighted by molar-refractivity contribution is 5.93. The van der Waals surface area contributed by atoms with Crippen molar-refractivity contribution >= 4 is 5.91 Å². The summed E-state index contributed by atoms with van der Waals surface area (Å²) in [6, 6.07) is 16.2. The summed E-state index contributed by atoms with van der Waals surface area (Å²) in [7, 11) is 0. The van der Waals surface area contributed by atoms with Gasteiger partial charge in [0.1, 0.15) is 5.82 Å². The number of benzene rings is 2. The topological polar surface area (TPSA) is 46.9 Å². The molecule has 0 unspecified atom stereocenters. The van der Waals surface area contributed by atoms with Crippen LogP contribution in [0.3, 0.4) is 0 Å². The standard InChI is InChI=1S/C19H18FN3O/c20-18-8-6-15(7-9-18)10-11-21-19(24)17-12-22-23(14-17)13-16-4-2-1-3-5-16/h1-9,12,14H,10-11,13H2,(H,21,24). The Morgan fingerprint density at radius 3 is 2.54 bits per heavy atom. The van der Waals surface area contributed by atoms with Gasteiger partial charge in [-0.2, -0.15) is 5.10 Å². The normalized spacial score (nSPS) is 10.5. The first kappa shape index (κ1) is 15.9. The zero-order chi connectivity index (χ0) is 16.8. The zero-order valence-electron chi connectivity index (χ0n) is 13.2. The largest absolute Gasteiger partial charge is 0.352 e. The number of carbonyl (C=O) groups is 1. The molecular weight excluding hydrogens is 305 g/mol. The van der Waals surface area contributed by atoms with E-state index in [1.54, 1.807) is 29.2 Å². The van der Waals surface area contributed by atoms with Crippen LogP contribution < -0.4 is 5.32 Å². The van der Waals surface area contributed by atoms with E-state index in [9.17, 15) is 9.18 Å². The van der Waals surface area contributed by atoms with Crippen LogP contribution in [0.5, 0.6) is 0 Å². The van der Waals surface area contributed by atoms with Gasteiger partial charge in [-0.25, -0.2) is 4.39 Å². The first-order valence-electron chi connectivity index (χ1n) is 7.80. The highest BCUT2D eigenvalue weighted by atomic mass is 19.1. The quantitative estimate of drug-likeness (QED) is 0.758. The lowest BCUT2D eigenvalue weighted by molar-refractivity contribution is 0.0954. The Hall–Kier alpha value is -2.95. The van der Waals surface area contributed by atoms with Gasteiger partial charge in [0.05, 0.1) is 18.3 Å². The highest BCUT2D eigenvalue weighted by Crippen LogP contribution is 2.05. The number of rotatable bonds is 6. The Morgan fingerprint density at radius 2 is 1.79 bits per heavy atom. The van der Waals surface area contributed by atoms with Crippen LogP contribution >= 0.6 is 0 Å². The SMILES string of the molecule is O=C(NCCc1ccc(F)cc1)c1cnn(Cc2ccccc2)c1. The van der Waals surface area contributed by atoms with E-state index < -0.39 is 0 Å². The summed E-state index contributed by atoms with van der Waals surface area (Å²) in [5.41, 5.74) is 2.64. The molecule has 0 saturated carbocycles. The predicted octanol–water partition coefficient (Wildman–Crippen LogP) is 3.04. The van der Waals surface area contributed by atoms with E-state index in [2.05, 4.69) is 10.4 Å². The number of nitrogens with zero attached hydrogens (tertiary/aromatic N) is 2. The van der Waals surface area contributed by atoms with Crippen molar-refractivity contribution in [3.63, 3.8) is 0 Å². The third-order valence-corrected chi connectivity index (χ3v) is 3.70. The van der Waals surface area contributed by atoms with Gasteiger partial charge in [0.25, 0.3) is 5.91 Å². The van der Waals surface area contributed by atoms with Crippen molar-refractivity contribution in [3.8, 4) is 0 Å². The Kier molecular flexibility index (Phi) is 5.01. The van der Waals surface area contributed by atoms with E-state index in [1.165, 1.54) is 12.1 Å². The molecular formula is C19H18FN3O. The fourth-order valence-electron chi connectivity index (χ4n) is 2.41. The molecule has 0 aliphatic heterocycles. The fraction of sp³-hybridized carbons (Fsp3) is 0.158. The molecule has 0 atom stereocenters. The summed E-state index contributed by atoms with van der Waals surface area (Å²) in [5.74, 6) is -0.412. The Bertz CT molecular complexity index is 797. The van der Waals surface area contributed by atoms with Crippen molar-refractivity contribution in [1.29, 1.82) is 0 Å². The van der Waals surface area contributed by atoms with Gasteiger partial charge in [-0.1, -0.05) is 42.5 Å². The summed E-state index contributed by atoms with van der Waals surface area (Å²) in [4.78, 5) is 12.1. The van der Waals surface area contributed by atoms with E-state index >= 15 is 0 Å². The molecule has 0 bridgehead atoms. The van der Waals surface area contributed by atoms with Crippen molar-refractivity contribution in [3.05, 3.63) is 89.5 Å². The van der Waals surface area contributed by atoms with Gasteiger partial charge in [0, 0.05) is 12.7 Å². The van der Waals surface area contributed by atoms with Crippen LogP contribution in [0.15, 0.2) is 67.0 Å². The molecule has 0 radical (unpaired) electrons. The lowest BCUT2D eigenvalue weighted by atomic mass is 10.1. The minimum absolute atomic E-state index is 0.156. The number of aromatic nitrogens is 2. The second kappa shape index (κ2) is 7.55.